The van der Waals surface area contributed by atoms with Gasteiger partial charge in [-0.15, -0.1) is 0 Å². The van der Waals surface area contributed by atoms with Crippen LogP contribution >= 0.6 is 15.9 Å². The second-order valence-electron chi connectivity index (χ2n) is 7.74. The minimum atomic E-state index is -0.554. The van der Waals surface area contributed by atoms with Gasteiger partial charge in [-0.2, -0.15) is 0 Å². The third-order valence-electron chi connectivity index (χ3n) is 5.34. The standard InChI is InChI=1S/C24H31BrN2O2/c1-6-18(4)26-24(29)19(5)27(15-21-8-7-9-22(25)13-21)23(28)14-20-11-10-16(2)17(3)12-20/h7-13,18-19H,6,14-15H2,1-5H3,(H,26,29)/t18-,19-/m0/s1. The fraction of sp³-hybridized carbons (Fsp3) is 0.417. The molecule has 0 radical (unpaired) electrons. The van der Waals surface area contributed by atoms with E-state index in [1.54, 1.807) is 11.8 Å². The molecule has 2 rings (SSSR count). The lowest BCUT2D eigenvalue weighted by molar-refractivity contribution is -0.140. The van der Waals surface area contributed by atoms with Crippen LogP contribution in [0.15, 0.2) is 46.9 Å². The van der Waals surface area contributed by atoms with Gasteiger partial charge in [0, 0.05) is 17.1 Å². The van der Waals surface area contributed by atoms with Crippen LogP contribution in [0.5, 0.6) is 0 Å². The molecular weight excluding hydrogens is 428 g/mol. The van der Waals surface area contributed by atoms with Gasteiger partial charge in [0.1, 0.15) is 6.04 Å². The summed E-state index contributed by atoms with van der Waals surface area (Å²) in [6.45, 7) is 10.3. The molecule has 2 amide bonds. The van der Waals surface area contributed by atoms with E-state index in [9.17, 15) is 9.59 Å². The van der Waals surface area contributed by atoms with Crippen LogP contribution in [0, 0.1) is 13.8 Å². The molecule has 2 atom stereocenters. The predicted octanol–water partition coefficient (Wildman–Crippen LogP) is 4.94. The van der Waals surface area contributed by atoms with E-state index in [2.05, 4.69) is 34.2 Å². The van der Waals surface area contributed by atoms with Crippen molar-refractivity contribution in [2.24, 2.45) is 0 Å². The lowest BCUT2D eigenvalue weighted by Crippen LogP contribution is -2.49. The lowest BCUT2D eigenvalue weighted by atomic mass is 10.0. The topological polar surface area (TPSA) is 49.4 Å². The van der Waals surface area contributed by atoms with Crippen molar-refractivity contribution in [3.63, 3.8) is 0 Å². The summed E-state index contributed by atoms with van der Waals surface area (Å²) in [4.78, 5) is 27.7. The lowest BCUT2D eigenvalue weighted by Gasteiger charge is -2.30. The normalized spacial score (nSPS) is 12.9. The number of nitrogens with one attached hydrogen (secondary N) is 1. The van der Waals surface area contributed by atoms with Crippen molar-refractivity contribution in [2.45, 2.75) is 66.1 Å². The molecule has 0 bridgehead atoms. The number of amides is 2. The SMILES string of the molecule is CC[C@H](C)NC(=O)[C@H](C)N(Cc1cccc(Br)c1)C(=O)Cc1ccc(C)c(C)c1. The number of hydrogen-bond donors (Lipinski definition) is 1. The summed E-state index contributed by atoms with van der Waals surface area (Å²) >= 11 is 3.48. The molecule has 1 N–H and O–H groups in total. The van der Waals surface area contributed by atoms with E-state index >= 15 is 0 Å². The summed E-state index contributed by atoms with van der Waals surface area (Å²) in [6.07, 6.45) is 1.12. The monoisotopic (exact) mass is 458 g/mol. The highest BCUT2D eigenvalue weighted by Crippen LogP contribution is 2.17. The molecule has 4 nitrogen and oxygen atoms in total. The predicted molar refractivity (Wildman–Crippen MR) is 122 cm³/mol. The van der Waals surface area contributed by atoms with Crippen LogP contribution in [0.1, 0.15) is 49.4 Å². The van der Waals surface area contributed by atoms with E-state index in [1.807, 2.05) is 57.2 Å². The minimum Gasteiger partial charge on any atom is -0.352 e. The second-order valence-corrected chi connectivity index (χ2v) is 8.66. The molecule has 156 valence electrons. The molecule has 0 aliphatic heterocycles. The van der Waals surface area contributed by atoms with Crippen LogP contribution in [0.25, 0.3) is 0 Å². The smallest absolute Gasteiger partial charge is 0.242 e. The molecule has 0 fully saturated rings. The Morgan fingerprint density at radius 1 is 1.03 bits per heavy atom. The van der Waals surface area contributed by atoms with Crippen molar-refractivity contribution in [1.82, 2.24) is 10.2 Å². The second kappa shape index (κ2) is 10.6. The maximum absolute atomic E-state index is 13.2. The van der Waals surface area contributed by atoms with Gasteiger partial charge in [0.25, 0.3) is 0 Å². The summed E-state index contributed by atoms with van der Waals surface area (Å²) in [6, 6.07) is 13.4. The van der Waals surface area contributed by atoms with Crippen LogP contribution in [-0.2, 0) is 22.6 Å². The van der Waals surface area contributed by atoms with Gasteiger partial charge in [0.15, 0.2) is 0 Å². The number of nitrogens with zero attached hydrogens (tertiary/aromatic N) is 1. The summed E-state index contributed by atoms with van der Waals surface area (Å²) in [7, 11) is 0. The maximum Gasteiger partial charge on any atom is 0.242 e. The Balaban J connectivity index is 2.25. The number of hydrogen-bond acceptors (Lipinski definition) is 2. The van der Waals surface area contributed by atoms with Gasteiger partial charge in [-0.1, -0.05) is 53.2 Å². The van der Waals surface area contributed by atoms with Gasteiger partial charge >= 0.3 is 0 Å². The van der Waals surface area contributed by atoms with Crippen molar-refractivity contribution in [3.8, 4) is 0 Å². The molecule has 0 unspecified atom stereocenters. The van der Waals surface area contributed by atoms with Crippen molar-refractivity contribution in [2.75, 3.05) is 0 Å². The molecule has 2 aromatic rings. The number of aryl methyl sites for hydroxylation is 2. The number of halogens is 1. The summed E-state index contributed by atoms with van der Waals surface area (Å²) in [5.74, 6) is -0.178. The number of carbonyl (C=O) groups excluding carboxylic acids is 2. The maximum atomic E-state index is 13.2. The van der Waals surface area contributed by atoms with Crippen LogP contribution in [0.4, 0.5) is 0 Å². The van der Waals surface area contributed by atoms with Crippen LogP contribution < -0.4 is 5.32 Å². The van der Waals surface area contributed by atoms with E-state index < -0.39 is 6.04 Å². The van der Waals surface area contributed by atoms with Gasteiger partial charge in [0.05, 0.1) is 6.42 Å². The zero-order chi connectivity index (χ0) is 21.6. The summed E-state index contributed by atoms with van der Waals surface area (Å²) < 4.78 is 0.952. The van der Waals surface area contributed by atoms with Crippen LogP contribution in [0.3, 0.4) is 0 Å². The highest BCUT2D eigenvalue weighted by molar-refractivity contribution is 9.10. The molecule has 0 saturated carbocycles. The molecule has 0 aliphatic rings. The average Bonchev–Trinajstić information content (AvgIpc) is 2.68. The Labute approximate surface area is 182 Å². The van der Waals surface area contributed by atoms with Gasteiger partial charge in [-0.05, 0) is 68.5 Å². The first-order valence-electron chi connectivity index (χ1n) is 10.1. The molecule has 0 saturated heterocycles. The Morgan fingerprint density at radius 3 is 2.38 bits per heavy atom. The van der Waals surface area contributed by atoms with Gasteiger partial charge in [0.2, 0.25) is 11.8 Å². The zero-order valence-corrected chi connectivity index (χ0v) is 19.5. The quantitative estimate of drug-likeness (QED) is 0.608. The zero-order valence-electron chi connectivity index (χ0n) is 18.0. The van der Waals surface area contributed by atoms with Crippen LogP contribution in [0.2, 0.25) is 0 Å². The highest BCUT2D eigenvalue weighted by atomic mass is 79.9. The first-order chi connectivity index (χ1) is 13.7. The summed E-state index contributed by atoms with van der Waals surface area (Å²) in [5.41, 5.74) is 4.31. The van der Waals surface area contributed by atoms with Crippen molar-refractivity contribution < 1.29 is 9.59 Å². The number of rotatable bonds is 8. The first-order valence-corrected chi connectivity index (χ1v) is 10.9. The highest BCUT2D eigenvalue weighted by Gasteiger charge is 2.27. The fourth-order valence-corrected chi connectivity index (χ4v) is 3.52. The third kappa shape index (κ3) is 6.70. The van der Waals surface area contributed by atoms with Gasteiger partial charge < -0.3 is 10.2 Å². The Bertz CT molecular complexity index is 866. The first kappa shape index (κ1) is 23.1. The average molecular weight is 459 g/mol. The largest absolute Gasteiger partial charge is 0.352 e. The molecule has 0 aromatic heterocycles. The molecular formula is C24H31BrN2O2. The van der Waals surface area contributed by atoms with Gasteiger partial charge in [-0.25, -0.2) is 0 Å². The van der Waals surface area contributed by atoms with Crippen molar-refractivity contribution in [3.05, 3.63) is 69.2 Å². The van der Waals surface area contributed by atoms with E-state index in [4.69, 9.17) is 0 Å². The molecule has 0 spiro atoms. The summed E-state index contributed by atoms with van der Waals surface area (Å²) in [5, 5.41) is 3.00. The number of carbonyl (C=O) groups is 2. The number of benzene rings is 2. The Kier molecular flexibility index (Phi) is 8.45. The minimum absolute atomic E-state index is 0.0555. The molecule has 2 aromatic carbocycles. The molecule has 5 heteroatoms. The van der Waals surface area contributed by atoms with Gasteiger partial charge in [-0.3, -0.25) is 9.59 Å². The third-order valence-corrected chi connectivity index (χ3v) is 5.83. The molecule has 0 heterocycles. The van der Waals surface area contributed by atoms with Crippen LogP contribution in [-0.4, -0.2) is 28.8 Å². The Morgan fingerprint density at radius 2 is 1.76 bits per heavy atom. The van der Waals surface area contributed by atoms with E-state index in [0.29, 0.717) is 6.54 Å². The molecule has 29 heavy (non-hydrogen) atoms. The molecule has 0 aliphatic carbocycles. The van der Waals surface area contributed by atoms with Crippen molar-refractivity contribution >= 4 is 27.7 Å². The Hall–Kier alpha value is -2.14. The van der Waals surface area contributed by atoms with E-state index in [1.165, 1.54) is 5.56 Å². The fourth-order valence-electron chi connectivity index (χ4n) is 3.07. The van der Waals surface area contributed by atoms with E-state index in [0.717, 1.165) is 27.6 Å². The van der Waals surface area contributed by atoms with Crippen molar-refractivity contribution in [1.29, 1.82) is 0 Å². The van der Waals surface area contributed by atoms with E-state index in [-0.39, 0.29) is 24.3 Å².